The van der Waals surface area contributed by atoms with Crippen LogP contribution in [0.1, 0.15) is 83.5 Å². The van der Waals surface area contributed by atoms with Crippen molar-refractivity contribution >= 4 is 34.7 Å². The molecule has 2 fully saturated rings. The topological polar surface area (TPSA) is 60.9 Å². The monoisotopic (exact) mass is 479 g/mol. The lowest BCUT2D eigenvalue weighted by Gasteiger charge is -2.38. The summed E-state index contributed by atoms with van der Waals surface area (Å²) in [5.74, 6) is -0.131. The Morgan fingerprint density at radius 1 is 1.00 bits per heavy atom. The first-order chi connectivity index (χ1) is 16.5. The van der Waals surface area contributed by atoms with Crippen LogP contribution in [0.2, 0.25) is 0 Å². The van der Waals surface area contributed by atoms with Crippen molar-refractivity contribution < 1.29 is 14.4 Å². The summed E-state index contributed by atoms with van der Waals surface area (Å²) in [6.07, 6.45) is 7.50. The van der Waals surface area contributed by atoms with Gasteiger partial charge in [-0.3, -0.25) is 19.3 Å². The van der Waals surface area contributed by atoms with Crippen LogP contribution in [0.4, 0.5) is 5.69 Å². The lowest BCUT2D eigenvalue weighted by atomic mass is 9.90. The summed E-state index contributed by atoms with van der Waals surface area (Å²) in [6.45, 7) is 3.34. The fourth-order valence-corrected chi connectivity index (χ4v) is 6.63. The number of carbonyl (C=O) groups excluding carboxylic acids is 3. The van der Waals surface area contributed by atoms with Crippen molar-refractivity contribution in [2.45, 2.75) is 64.0 Å². The molecule has 34 heavy (non-hydrogen) atoms. The van der Waals surface area contributed by atoms with E-state index in [1.54, 1.807) is 17.4 Å². The number of amides is 3. The molecular weight excluding hydrogens is 446 g/mol. The number of piperidine rings is 1. The van der Waals surface area contributed by atoms with E-state index < -0.39 is 0 Å². The van der Waals surface area contributed by atoms with Gasteiger partial charge in [0.05, 0.1) is 22.9 Å². The summed E-state index contributed by atoms with van der Waals surface area (Å²) >= 11 is 1.56. The largest absolute Gasteiger partial charge is 0.371 e. The van der Waals surface area contributed by atoms with Gasteiger partial charge >= 0.3 is 0 Å². The molecule has 2 aliphatic heterocycles. The molecule has 2 aromatic rings. The second kappa shape index (κ2) is 9.53. The summed E-state index contributed by atoms with van der Waals surface area (Å²) < 4.78 is 0. The molecule has 1 aromatic carbocycles. The molecule has 0 spiro atoms. The zero-order valence-electron chi connectivity index (χ0n) is 20.0. The zero-order valence-corrected chi connectivity index (χ0v) is 20.9. The van der Waals surface area contributed by atoms with Crippen molar-refractivity contribution in [3.8, 4) is 0 Å². The van der Waals surface area contributed by atoms with Crippen LogP contribution in [0.5, 0.6) is 0 Å². The average molecular weight is 480 g/mol. The minimum absolute atomic E-state index is 0.0348. The van der Waals surface area contributed by atoms with E-state index in [1.807, 2.05) is 48.5 Å². The van der Waals surface area contributed by atoms with E-state index in [4.69, 9.17) is 0 Å². The number of thiophene rings is 1. The Balaban J connectivity index is 1.30. The Morgan fingerprint density at radius 2 is 1.74 bits per heavy atom. The maximum atomic E-state index is 13.5. The Labute approximate surface area is 205 Å². The van der Waals surface area contributed by atoms with E-state index in [2.05, 4.69) is 4.90 Å². The van der Waals surface area contributed by atoms with Gasteiger partial charge in [-0.1, -0.05) is 31.4 Å². The fourth-order valence-electron chi connectivity index (χ4n) is 5.86. The highest BCUT2D eigenvalue weighted by Crippen LogP contribution is 2.38. The van der Waals surface area contributed by atoms with Crippen LogP contribution in [0.15, 0.2) is 35.7 Å². The molecular formula is C27H33N3O3S. The van der Waals surface area contributed by atoms with Crippen molar-refractivity contribution in [3.05, 3.63) is 51.7 Å². The lowest BCUT2D eigenvalue weighted by molar-refractivity contribution is -0.137. The van der Waals surface area contributed by atoms with Crippen LogP contribution < -0.4 is 4.90 Å². The Kier molecular flexibility index (Phi) is 6.47. The number of rotatable bonds is 5. The predicted molar refractivity (Wildman–Crippen MR) is 134 cm³/mol. The van der Waals surface area contributed by atoms with Crippen LogP contribution >= 0.6 is 11.3 Å². The second-order valence-electron chi connectivity index (χ2n) is 9.87. The predicted octanol–water partition coefficient (Wildman–Crippen LogP) is 5.11. The normalized spacial score (nSPS) is 20.5. The molecule has 7 heteroatoms. The number of benzene rings is 1. The molecule has 180 valence electrons. The van der Waals surface area contributed by atoms with E-state index in [-0.39, 0.29) is 29.7 Å². The molecule has 1 saturated heterocycles. The van der Waals surface area contributed by atoms with Crippen molar-refractivity contribution in [3.63, 3.8) is 0 Å². The number of hydrogen-bond donors (Lipinski definition) is 0. The molecule has 3 aliphatic rings. The van der Waals surface area contributed by atoms with Crippen molar-refractivity contribution in [2.24, 2.45) is 5.92 Å². The van der Waals surface area contributed by atoms with E-state index in [0.717, 1.165) is 36.2 Å². The van der Waals surface area contributed by atoms with Crippen molar-refractivity contribution in [1.29, 1.82) is 0 Å². The number of hydrogen-bond acceptors (Lipinski definition) is 5. The van der Waals surface area contributed by atoms with Gasteiger partial charge in [0, 0.05) is 37.0 Å². The molecule has 1 saturated carbocycles. The molecule has 1 atom stereocenters. The third-order valence-corrected chi connectivity index (χ3v) is 8.96. The molecule has 6 nitrogen and oxygen atoms in total. The van der Waals surface area contributed by atoms with Gasteiger partial charge in [-0.2, -0.15) is 0 Å². The first-order valence-electron chi connectivity index (χ1n) is 12.5. The number of anilines is 1. The molecule has 0 radical (unpaired) electrons. The first kappa shape index (κ1) is 23.1. The molecule has 1 aliphatic carbocycles. The van der Waals surface area contributed by atoms with Crippen LogP contribution in [0.3, 0.4) is 0 Å². The summed E-state index contributed by atoms with van der Waals surface area (Å²) in [7, 11) is 1.97. The maximum Gasteiger partial charge on any atom is 0.264 e. The van der Waals surface area contributed by atoms with E-state index in [0.29, 0.717) is 30.3 Å². The minimum atomic E-state index is -0.293. The van der Waals surface area contributed by atoms with Crippen LogP contribution in [0.25, 0.3) is 0 Å². The zero-order chi connectivity index (χ0) is 23.8. The fraction of sp³-hybridized carbons (Fsp3) is 0.519. The quantitative estimate of drug-likeness (QED) is 0.559. The Bertz CT molecular complexity index is 1070. The summed E-state index contributed by atoms with van der Waals surface area (Å²) in [5, 5.41) is 1.96. The van der Waals surface area contributed by atoms with Crippen LogP contribution in [-0.2, 0) is 4.79 Å². The average Bonchev–Trinajstić information content (AvgIpc) is 3.51. The second-order valence-corrected chi connectivity index (χ2v) is 10.9. The molecule has 5 rings (SSSR count). The smallest absolute Gasteiger partial charge is 0.264 e. The molecule has 3 amide bonds. The highest BCUT2D eigenvalue weighted by molar-refractivity contribution is 7.10. The van der Waals surface area contributed by atoms with Gasteiger partial charge in [0.25, 0.3) is 11.8 Å². The van der Waals surface area contributed by atoms with Crippen LogP contribution in [-0.4, -0.2) is 53.7 Å². The molecule has 3 heterocycles. The minimum Gasteiger partial charge on any atom is -0.371 e. The number of fused-ring (bicyclic) bond motifs is 1. The highest BCUT2D eigenvalue weighted by atomic mass is 32.1. The third kappa shape index (κ3) is 4.04. The van der Waals surface area contributed by atoms with E-state index >= 15 is 0 Å². The van der Waals surface area contributed by atoms with E-state index in [1.165, 1.54) is 24.2 Å². The number of carbonyl (C=O) groups is 3. The molecule has 0 N–H and O–H groups in total. The first-order valence-corrected chi connectivity index (χ1v) is 13.4. The summed E-state index contributed by atoms with van der Waals surface area (Å²) in [5.41, 5.74) is 1.82. The highest BCUT2D eigenvalue weighted by Gasteiger charge is 2.42. The van der Waals surface area contributed by atoms with Gasteiger partial charge < -0.3 is 9.80 Å². The van der Waals surface area contributed by atoms with Gasteiger partial charge in [0.15, 0.2) is 0 Å². The Hall–Kier alpha value is -2.67. The Morgan fingerprint density at radius 3 is 2.41 bits per heavy atom. The number of nitrogens with zero attached hydrogens (tertiary/aromatic N) is 3. The molecule has 1 aromatic heterocycles. The van der Waals surface area contributed by atoms with Gasteiger partial charge in [0.2, 0.25) is 5.91 Å². The standard InChI is InChI=1S/C27H33N3O3S/c1-18(23-12-7-17-34-23)30-26(32)21-10-6-11-22(24(21)27(30)33)29-15-13-19(14-16-29)25(31)28(2)20-8-4-3-5-9-20/h6-7,10-12,17-20H,3-5,8-9,13-16H2,1-2H3. The maximum absolute atomic E-state index is 13.5. The van der Waals surface area contributed by atoms with Crippen molar-refractivity contribution in [1.82, 2.24) is 9.80 Å². The van der Waals surface area contributed by atoms with Crippen LogP contribution in [0, 0.1) is 5.92 Å². The molecule has 1 unspecified atom stereocenters. The number of imide groups is 1. The van der Waals surface area contributed by atoms with Gasteiger partial charge in [0.1, 0.15) is 0 Å². The van der Waals surface area contributed by atoms with Crippen molar-refractivity contribution in [2.75, 3.05) is 25.0 Å². The SMILES string of the molecule is CC(c1cccs1)N1C(=O)c2cccc(N3CCC(C(=O)N(C)C4CCCCC4)CC3)c2C1=O. The van der Waals surface area contributed by atoms with Gasteiger partial charge in [-0.05, 0) is 56.2 Å². The van der Waals surface area contributed by atoms with Gasteiger partial charge in [-0.15, -0.1) is 11.3 Å². The lowest BCUT2D eigenvalue weighted by Crippen LogP contribution is -2.45. The summed E-state index contributed by atoms with van der Waals surface area (Å²) in [6, 6.07) is 9.57. The third-order valence-electron chi connectivity index (χ3n) is 7.92. The summed E-state index contributed by atoms with van der Waals surface area (Å²) in [4.78, 5) is 46.4. The molecule has 0 bridgehead atoms. The van der Waals surface area contributed by atoms with E-state index in [9.17, 15) is 14.4 Å². The van der Waals surface area contributed by atoms with Gasteiger partial charge in [-0.25, -0.2) is 0 Å².